The number of rotatable bonds is 2. The van der Waals surface area contributed by atoms with E-state index in [1.165, 1.54) is 6.07 Å². The van der Waals surface area contributed by atoms with E-state index in [-0.39, 0.29) is 34.5 Å². The number of aryl methyl sites for hydroxylation is 1. The minimum Gasteiger partial charge on any atom is -0.744 e. The maximum absolute atomic E-state index is 10.9. The van der Waals surface area contributed by atoms with Crippen LogP contribution in [0, 0.1) is 6.92 Å². The first-order valence-electron chi connectivity index (χ1n) is 7.34. The van der Waals surface area contributed by atoms with E-state index in [9.17, 15) is 17.8 Å². The molecule has 0 atom stereocenters. The fourth-order valence-electron chi connectivity index (χ4n) is 2.28. The summed E-state index contributed by atoms with van der Waals surface area (Å²) in [7, 11) is -4.38. The fraction of sp³-hybridized carbons (Fsp3) is 0.0556. The molecular formula is C18H17N2NaO4S. The predicted octanol–water partition coefficient (Wildman–Crippen LogP) is 0.234. The summed E-state index contributed by atoms with van der Waals surface area (Å²) in [5.41, 5.74) is 6.75. The number of primary amides is 1. The van der Waals surface area contributed by atoms with Crippen molar-refractivity contribution in [3.8, 4) is 0 Å². The van der Waals surface area contributed by atoms with Gasteiger partial charge in [-0.05, 0) is 41.5 Å². The molecule has 0 aliphatic heterocycles. The molecule has 0 aliphatic carbocycles. The Morgan fingerprint density at radius 1 is 1.00 bits per heavy atom. The Balaban J connectivity index is 0.000000258. The molecule has 0 aliphatic rings. The van der Waals surface area contributed by atoms with Crippen LogP contribution in [0.2, 0.25) is 0 Å². The van der Waals surface area contributed by atoms with Crippen molar-refractivity contribution >= 4 is 32.6 Å². The van der Waals surface area contributed by atoms with Crippen molar-refractivity contribution in [2.75, 3.05) is 5.32 Å². The number of amides is 2. The van der Waals surface area contributed by atoms with Crippen LogP contribution in [-0.2, 0) is 10.1 Å². The zero-order valence-electron chi connectivity index (χ0n) is 14.5. The molecule has 0 saturated heterocycles. The van der Waals surface area contributed by atoms with Crippen LogP contribution in [-0.4, -0.2) is 19.0 Å². The van der Waals surface area contributed by atoms with Gasteiger partial charge in [0.25, 0.3) is 0 Å². The summed E-state index contributed by atoms with van der Waals surface area (Å²) >= 11 is 0. The van der Waals surface area contributed by atoms with E-state index in [0.29, 0.717) is 5.39 Å². The quantitative estimate of drug-likeness (QED) is 0.490. The number of fused-ring (bicyclic) bond motifs is 1. The fourth-order valence-corrected chi connectivity index (χ4v) is 2.98. The summed E-state index contributed by atoms with van der Waals surface area (Å²) in [5, 5.41) is 3.72. The molecule has 2 amide bonds. The van der Waals surface area contributed by atoms with Gasteiger partial charge in [-0.25, -0.2) is 13.2 Å². The molecule has 3 aromatic carbocycles. The number of carbonyl (C=O) groups is 1. The second-order valence-electron chi connectivity index (χ2n) is 5.29. The molecule has 130 valence electrons. The van der Waals surface area contributed by atoms with Crippen molar-refractivity contribution < 1.29 is 47.3 Å². The molecule has 3 N–H and O–H groups in total. The van der Waals surface area contributed by atoms with E-state index in [4.69, 9.17) is 5.73 Å². The molecule has 0 unspecified atom stereocenters. The molecule has 0 radical (unpaired) electrons. The number of urea groups is 1. The summed E-state index contributed by atoms with van der Waals surface area (Å²) in [5.74, 6) is 0. The van der Waals surface area contributed by atoms with Gasteiger partial charge in [0.15, 0.2) is 0 Å². The smallest absolute Gasteiger partial charge is 0.744 e. The Labute approximate surface area is 174 Å². The SMILES string of the molecule is Cc1cccc(NC(N)=O)c1.O=S(=O)([O-])c1cccc2ccccc12.[Na+]. The summed E-state index contributed by atoms with van der Waals surface area (Å²) in [6.45, 7) is 1.95. The van der Waals surface area contributed by atoms with Gasteiger partial charge in [0.05, 0.1) is 4.90 Å². The van der Waals surface area contributed by atoms with Crippen molar-refractivity contribution in [3.63, 3.8) is 0 Å². The summed E-state index contributed by atoms with van der Waals surface area (Å²) < 4.78 is 32.7. The Bertz CT molecular complexity index is 1000. The average molecular weight is 380 g/mol. The molecule has 0 heterocycles. The van der Waals surface area contributed by atoms with Gasteiger partial charge in [-0.15, -0.1) is 0 Å². The molecule has 0 spiro atoms. The molecular weight excluding hydrogens is 363 g/mol. The van der Waals surface area contributed by atoms with Gasteiger partial charge in [-0.1, -0.05) is 48.5 Å². The van der Waals surface area contributed by atoms with Gasteiger partial charge < -0.3 is 15.6 Å². The third-order valence-electron chi connectivity index (χ3n) is 3.30. The van der Waals surface area contributed by atoms with Crippen molar-refractivity contribution in [1.29, 1.82) is 0 Å². The molecule has 0 aromatic heterocycles. The largest absolute Gasteiger partial charge is 1.00 e. The summed E-state index contributed by atoms with van der Waals surface area (Å²) in [6, 6.07) is 18.5. The monoisotopic (exact) mass is 380 g/mol. The normalized spacial score (nSPS) is 10.2. The standard InChI is InChI=1S/C10H8O3S.C8H10N2O.Na/c11-14(12,13)10-7-3-5-8-4-1-2-6-9(8)10;1-6-3-2-4-7(5-6)10-8(9)11;/h1-7H,(H,11,12,13);2-5H,1H3,(H3,9,10,11);/q;;+1/p-1. The van der Waals surface area contributed by atoms with Crippen LogP contribution in [0.4, 0.5) is 10.5 Å². The zero-order valence-corrected chi connectivity index (χ0v) is 17.3. The minimum absolute atomic E-state index is 0. The van der Waals surface area contributed by atoms with Gasteiger partial charge in [0.1, 0.15) is 10.1 Å². The summed E-state index contributed by atoms with van der Waals surface area (Å²) in [6.07, 6.45) is 0. The van der Waals surface area contributed by atoms with Crippen LogP contribution >= 0.6 is 0 Å². The third-order valence-corrected chi connectivity index (χ3v) is 4.20. The second-order valence-corrected chi connectivity index (χ2v) is 6.64. The van der Waals surface area contributed by atoms with E-state index in [0.717, 1.165) is 16.6 Å². The van der Waals surface area contributed by atoms with Crippen molar-refractivity contribution in [1.82, 2.24) is 0 Å². The van der Waals surface area contributed by atoms with E-state index in [1.54, 1.807) is 42.5 Å². The van der Waals surface area contributed by atoms with E-state index < -0.39 is 16.1 Å². The minimum atomic E-state index is -4.38. The molecule has 0 bridgehead atoms. The van der Waals surface area contributed by atoms with Crippen LogP contribution in [0.3, 0.4) is 0 Å². The zero-order chi connectivity index (χ0) is 18.4. The van der Waals surface area contributed by atoms with Crippen LogP contribution < -0.4 is 40.6 Å². The third kappa shape index (κ3) is 6.44. The maximum atomic E-state index is 10.9. The molecule has 26 heavy (non-hydrogen) atoms. The average Bonchev–Trinajstić information content (AvgIpc) is 2.53. The first kappa shape index (κ1) is 22.1. The number of benzene rings is 3. The molecule has 6 nitrogen and oxygen atoms in total. The molecule has 0 fully saturated rings. The van der Waals surface area contributed by atoms with Crippen molar-refractivity contribution in [2.24, 2.45) is 5.73 Å². The van der Waals surface area contributed by atoms with Crippen LogP contribution in [0.1, 0.15) is 5.56 Å². The van der Waals surface area contributed by atoms with Crippen molar-refractivity contribution in [2.45, 2.75) is 11.8 Å². The number of anilines is 1. The van der Waals surface area contributed by atoms with Gasteiger partial charge in [0.2, 0.25) is 0 Å². The first-order chi connectivity index (χ1) is 11.8. The van der Waals surface area contributed by atoms with Crippen molar-refractivity contribution in [3.05, 3.63) is 72.3 Å². The molecule has 8 heteroatoms. The number of carbonyl (C=O) groups excluding carboxylic acids is 1. The summed E-state index contributed by atoms with van der Waals surface area (Å²) in [4.78, 5) is 10.2. The molecule has 0 saturated carbocycles. The number of hydrogen-bond donors (Lipinski definition) is 2. The van der Waals surface area contributed by atoms with Gasteiger partial charge >= 0.3 is 35.6 Å². The van der Waals surface area contributed by atoms with E-state index >= 15 is 0 Å². The predicted molar refractivity (Wildman–Crippen MR) is 96.3 cm³/mol. The van der Waals surface area contributed by atoms with Gasteiger partial charge in [-0.3, -0.25) is 0 Å². The Morgan fingerprint density at radius 3 is 2.23 bits per heavy atom. The van der Waals surface area contributed by atoms with Crippen LogP contribution in [0.25, 0.3) is 10.8 Å². The van der Waals surface area contributed by atoms with Gasteiger partial charge in [-0.2, -0.15) is 0 Å². The van der Waals surface area contributed by atoms with Crippen LogP contribution in [0.15, 0.2) is 71.6 Å². The van der Waals surface area contributed by atoms with E-state index in [1.807, 2.05) is 25.1 Å². The molecule has 3 rings (SSSR count). The topological polar surface area (TPSA) is 112 Å². The maximum Gasteiger partial charge on any atom is 1.00 e. The number of nitrogens with two attached hydrogens (primary N) is 1. The second kappa shape index (κ2) is 9.70. The van der Waals surface area contributed by atoms with Crippen LogP contribution in [0.5, 0.6) is 0 Å². The molecule has 3 aromatic rings. The Kier molecular flexibility index (Phi) is 8.26. The van der Waals surface area contributed by atoms with Gasteiger partial charge in [0, 0.05) is 5.69 Å². The Morgan fingerprint density at radius 2 is 1.62 bits per heavy atom. The first-order valence-corrected chi connectivity index (χ1v) is 8.75. The number of hydrogen-bond acceptors (Lipinski definition) is 4. The van der Waals surface area contributed by atoms with E-state index in [2.05, 4.69) is 5.32 Å². The Hall–Kier alpha value is -1.90. The number of nitrogens with one attached hydrogen (secondary N) is 1.